The molecule has 1 saturated heterocycles. The molecule has 3 amide bonds. The Bertz CT molecular complexity index is 1070. The molecule has 9 nitrogen and oxygen atoms in total. The Hall–Kier alpha value is -3.07. The van der Waals surface area contributed by atoms with E-state index in [1.165, 1.54) is 0 Å². The van der Waals surface area contributed by atoms with E-state index in [1.54, 1.807) is 13.2 Å². The first kappa shape index (κ1) is 25.6. The van der Waals surface area contributed by atoms with Crippen molar-refractivity contribution in [2.45, 2.75) is 33.1 Å². The number of ether oxygens (including phenoxy) is 1. The number of H-pyrrole nitrogens is 1. The fraction of sp³-hybridized carbons (Fsp3) is 0.500. The number of amides is 3. The highest BCUT2D eigenvalue weighted by atomic mass is 35.5. The molecule has 0 unspecified atom stereocenters. The summed E-state index contributed by atoms with van der Waals surface area (Å²) in [7, 11) is 1.56. The van der Waals surface area contributed by atoms with E-state index in [0.29, 0.717) is 30.8 Å². The summed E-state index contributed by atoms with van der Waals surface area (Å²) < 4.78 is 5.36. The van der Waals surface area contributed by atoms with Crippen molar-refractivity contribution in [3.63, 3.8) is 0 Å². The number of rotatable bonds is 10. The summed E-state index contributed by atoms with van der Waals surface area (Å²) in [6.07, 6.45) is 0.985. The van der Waals surface area contributed by atoms with Gasteiger partial charge in [0.1, 0.15) is 11.6 Å². The number of Topliss-reactive ketones (excluding diaryl/α,β-unsaturated/α-hetero) is 1. The summed E-state index contributed by atoms with van der Waals surface area (Å²) >= 11 is 5.73. The van der Waals surface area contributed by atoms with E-state index in [-0.39, 0.29) is 36.5 Å². The number of alkyl halides is 1. The average Bonchev–Trinajstić information content (AvgIpc) is 3.43. The molecule has 0 bridgehead atoms. The van der Waals surface area contributed by atoms with Crippen LogP contribution in [0, 0.1) is 17.8 Å². The molecule has 1 aliphatic heterocycles. The summed E-state index contributed by atoms with van der Waals surface area (Å²) in [5.74, 6) is -1.96. The molecule has 1 aromatic heterocycles. The number of carbonyl (C=O) groups is 4. The lowest BCUT2D eigenvalue weighted by atomic mass is 9.91. The summed E-state index contributed by atoms with van der Waals surface area (Å²) in [6.45, 7) is 4.49. The minimum Gasteiger partial charge on any atom is -0.496 e. The molecule has 2 heterocycles. The lowest BCUT2D eigenvalue weighted by Crippen LogP contribution is -2.51. The number of carbonyl (C=O) groups excluding carboxylic acids is 4. The van der Waals surface area contributed by atoms with Crippen LogP contribution < -0.4 is 15.5 Å². The van der Waals surface area contributed by atoms with Crippen LogP contribution in [0.3, 0.4) is 0 Å². The first-order chi connectivity index (χ1) is 16.2. The number of fused-ring (bicyclic) bond motifs is 1. The fourth-order valence-electron chi connectivity index (χ4n) is 4.19. The lowest BCUT2D eigenvalue weighted by Gasteiger charge is -2.27. The highest BCUT2D eigenvalue weighted by Gasteiger charge is 2.31. The highest BCUT2D eigenvalue weighted by molar-refractivity contribution is 6.27. The number of aromatic amines is 1. The minimum atomic E-state index is -0.663. The van der Waals surface area contributed by atoms with Crippen LogP contribution >= 0.6 is 11.6 Å². The van der Waals surface area contributed by atoms with Gasteiger partial charge < -0.3 is 15.0 Å². The number of nitrogens with one attached hydrogen (secondary N) is 3. The van der Waals surface area contributed by atoms with Gasteiger partial charge in [0.25, 0.3) is 5.91 Å². The monoisotopic (exact) mass is 490 g/mol. The zero-order valence-corrected chi connectivity index (χ0v) is 20.4. The molecule has 0 saturated carbocycles. The molecule has 2 atom stereocenters. The molecule has 0 aliphatic carbocycles. The number of ketones is 1. The van der Waals surface area contributed by atoms with Crippen molar-refractivity contribution < 1.29 is 23.9 Å². The number of methoxy groups -OCH3 is 1. The van der Waals surface area contributed by atoms with E-state index in [2.05, 4.69) is 15.7 Å². The Morgan fingerprint density at radius 3 is 2.68 bits per heavy atom. The molecular weight excluding hydrogens is 460 g/mol. The van der Waals surface area contributed by atoms with E-state index >= 15 is 0 Å². The van der Waals surface area contributed by atoms with E-state index in [9.17, 15) is 19.2 Å². The van der Waals surface area contributed by atoms with Crippen LogP contribution in [0.5, 0.6) is 5.75 Å². The molecule has 3 rings (SSSR count). The second kappa shape index (κ2) is 11.4. The summed E-state index contributed by atoms with van der Waals surface area (Å²) in [5.41, 5.74) is 3.77. The van der Waals surface area contributed by atoms with Gasteiger partial charge in [-0.05, 0) is 37.0 Å². The lowest BCUT2D eigenvalue weighted by molar-refractivity contribution is -0.143. The Kier molecular flexibility index (Phi) is 8.55. The van der Waals surface area contributed by atoms with Crippen LogP contribution in [-0.2, 0) is 14.4 Å². The summed E-state index contributed by atoms with van der Waals surface area (Å²) in [5, 5.41) is 4.61. The molecule has 1 fully saturated rings. The highest BCUT2D eigenvalue weighted by Crippen LogP contribution is 2.27. The van der Waals surface area contributed by atoms with Gasteiger partial charge in [0.15, 0.2) is 5.78 Å². The number of hydrazine groups is 1. The molecule has 10 heteroatoms. The van der Waals surface area contributed by atoms with Gasteiger partial charge in [-0.15, -0.1) is 11.6 Å². The molecule has 184 valence electrons. The van der Waals surface area contributed by atoms with Gasteiger partial charge in [-0.2, -0.15) is 0 Å². The van der Waals surface area contributed by atoms with Crippen LogP contribution in [0.15, 0.2) is 24.3 Å². The maximum absolute atomic E-state index is 13.2. The smallest absolute Gasteiger partial charge is 0.255 e. The molecule has 3 N–H and O–H groups in total. The Morgan fingerprint density at radius 1 is 1.29 bits per heavy atom. The third-order valence-corrected chi connectivity index (χ3v) is 6.16. The second-order valence-electron chi connectivity index (χ2n) is 8.95. The van der Waals surface area contributed by atoms with Crippen molar-refractivity contribution in [2.24, 2.45) is 17.8 Å². The van der Waals surface area contributed by atoms with Crippen LogP contribution in [0.25, 0.3) is 10.9 Å². The van der Waals surface area contributed by atoms with Crippen molar-refractivity contribution in [3.05, 3.63) is 30.0 Å². The zero-order chi connectivity index (χ0) is 24.8. The van der Waals surface area contributed by atoms with Crippen LogP contribution in [0.2, 0.25) is 0 Å². The van der Waals surface area contributed by atoms with Gasteiger partial charge in [0.2, 0.25) is 11.8 Å². The van der Waals surface area contributed by atoms with Gasteiger partial charge >= 0.3 is 0 Å². The van der Waals surface area contributed by atoms with E-state index in [0.717, 1.165) is 15.9 Å². The van der Waals surface area contributed by atoms with Crippen LogP contribution in [-0.4, -0.2) is 59.6 Å². The van der Waals surface area contributed by atoms with Crippen LogP contribution in [0.4, 0.5) is 0 Å². The van der Waals surface area contributed by atoms with Gasteiger partial charge in [-0.25, -0.2) is 0 Å². The van der Waals surface area contributed by atoms with Gasteiger partial charge in [0.05, 0.1) is 25.3 Å². The van der Waals surface area contributed by atoms with Crippen molar-refractivity contribution in [2.75, 3.05) is 26.1 Å². The molecule has 0 radical (unpaired) electrons. The molecule has 34 heavy (non-hydrogen) atoms. The molecule has 2 aromatic rings. The molecule has 1 aromatic carbocycles. The predicted octanol–water partition coefficient (Wildman–Crippen LogP) is 2.65. The molecular formula is C24H31ClN4O5. The Labute approximate surface area is 203 Å². The van der Waals surface area contributed by atoms with E-state index < -0.39 is 23.7 Å². The summed E-state index contributed by atoms with van der Waals surface area (Å²) in [6, 6.07) is 7.21. The van der Waals surface area contributed by atoms with Gasteiger partial charge in [0, 0.05) is 29.8 Å². The van der Waals surface area contributed by atoms with Gasteiger partial charge in [-0.1, -0.05) is 19.9 Å². The van der Waals surface area contributed by atoms with Crippen molar-refractivity contribution >= 4 is 46.0 Å². The quantitative estimate of drug-likeness (QED) is 0.268. The summed E-state index contributed by atoms with van der Waals surface area (Å²) in [4.78, 5) is 53.7. The standard InChI is InChI=1S/C24H31ClN4O5/c1-14(2)9-16(10-20(30)19-11-17-18(27-19)5-4-6-21(17)34-3)24(33)28-29(22(31)12-25)13-15-7-8-26-23(15)32/h4-6,11,14-16,27H,7-10,12-13H2,1-3H3,(H,26,32)(H,28,33)/t15-,16+/m0/s1. The normalized spacial score (nSPS) is 16.4. The second-order valence-corrected chi connectivity index (χ2v) is 9.22. The number of nitrogens with zero attached hydrogens (tertiary/aromatic N) is 1. The number of benzene rings is 1. The number of hydrogen-bond donors (Lipinski definition) is 3. The topological polar surface area (TPSA) is 121 Å². The third kappa shape index (κ3) is 6.08. The predicted molar refractivity (Wildman–Crippen MR) is 128 cm³/mol. The number of hydrogen-bond acceptors (Lipinski definition) is 5. The number of halogens is 1. The van der Waals surface area contributed by atoms with Gasteiger partial charge in [-0.3, -0.25) is 29.6 Å². The zero-order valence-electron chi connectivity index (χ0n) is 19.7. The van der Waals surface area contributed by atoms with E-state index in [4.69, 9.17) is 16.3 Å². The van der Waals surface area contributed by atoms with Crippen molar-refractivity contribution in [3.8, 4) is 5.75 Å². The first-order valence-corrected chi connectivity index (χ1v) is 11.9. The Morgan fingerprint density at radius 2 is 2.06 bits per heavy atom. The van der Waals surface area contributed by atoms with Crippen molar-refractivity contribution in [1.29, 1.82) is 0 Å². The number of aromatic nitrogens is 1. The average molecular weight is 491 g/mol. The Balaban J connectivity index is 1.75. The maximum atomic E-state index is 13.2. The maximum Gasteiger partial charge on any atom is 0.255 e. The van der Waals surface area contributed by atoms with Crippen LogP contribution in [0.1, 0.15) is 43.6 Å². The molecule has 0 spiro atoms. The SMILES string of the molecule is COc1cccc2[nH]c(C(=O)C[C@@H](CC(C)C)C(=O)NN(C[C@@H]3CCNC3=O)C(=O)CCl)cc12. The first-order valence-electron chi connectivity index (χ1n) is 11.4. The van der Waals surface area contributed by atoms with Crippen molar-refractivity contribution in [1.82, 2.24) is 20.7 Å². The van der Waals surface area contributed by atoms with E-state index in [1.807, 2.05) is 32.0 Å². The third-order valence-electron chi connectivity index (χ3n) is 5.93. The largest absolute Gasteiger partial charge is 0.496 e. The molecule has 1 aliphatic rings. The fourth-order valence-corrected chi connectivity index (χ4v) is 4.33. The minimum absolute atomic E-state index is 0.0350.